The fourth-order valence-electron chi connectivity index (χ4n) is 1.35. The second-order valence-electron chi connectivity index (χ2n) is 4.39. The molecule has 0 aliphatic heterocycles. The highest BCUT2D eigenvalue weighted by Gasteiger charge is 2.19. The molecule has 4 nitrogen and oxygen atoms in total. The van der Waals surface area contributed by atoms with E-state index in [0.29, 0.717) is 5.69 Å². The number of thioether (sulfide) groups is 1. The maximum Gasteiger partial charge on any atom is 0.238 e. The topological polar surface area (TPSA) is 72.2 Å². The summed E-state index contributed by atoms with van der Waals surface area (Å²) >= 11 is 4.67. The van der Waals surface area contributed by atoms with Crippen molar-refractivity contribution in [2.45, 2.75) is 23.6 Å². The molecule has 0 heterocycles. The van der Waals surface area contributed by atoms with Gasteiger partial charge in [-0.2, -0.15) is 0 Å². The van der Waals surface area contributed by atoms with Crippen LogP contribution in [0.1, 0.15) is 13.8 Å². The number of rotatable bonds is 6. The van der Waals surface area contributed by atoms with E-state index in [2.05, 4.69) is 21.2 Å². The van der Waals surface area contributed by atoms with E-state index in [0.717, 1.165) is 4.90 Å². The van der Waals surface area contributed by atoms with E-state index >= 15 is 0 Å². The van der Waals surface area contributed by atoms with Crippen molar-refractivity contribution in [3.05, 3.63) is 24.3 Å². The number of primary amides is 1. The van der Waals surface area contributed by atoms with Crippen molar-refractivity contribution in [3.63, 3.8) is 0 Å². The Labute approximate surface area is 125 Å². The zero-order chi connectivity index (χ0) is 14.4. The minimum Gasteiger partial charge on any atom is -0.369 e. The van der Waals surface area contributed by atoms with Crippen LogP contribution in [0.4, 0.5) is 5.69 Å². The van der Waals surface area contributed by atoms with Gasteiger partial charge in [0.25, 0.3) is 0 Å². The van der Waals surface area contributed by atoms with Gasteiger partial charge in [0.2, 0.25) is 11.8 Å². The minimum atomic E-state index is -0.383. The summed E-state index contributed by atoms with van der Waals surface area (Å²) in [5.41, 5.74) is 5.82. The van der Waals surface area contributed by atoms with Crippen LogP contribution < -0.4 is 11.1 Å². The number of nitrogens with two attached hydrogens (primary N) is 1. The SMILES string of the molecule is CC(C)C(Br)C(=O)Nc1ccccc1SCC(N)=O. The molecule has 0 aliphatic carbocycles. The first-order valence-electron chi connectivity index (χ1n) is 5.87. The molecule has 0 bridgehead atoms. The van der Waals surface area contributed by atoms with Crippen LogP contribution in [0.2, 0.25) is 0 Å². The van der Waals surface area contributed by atoms with Crippen molar-refractivity contribution < 1.29 is 9.59 Å². The molecule has 0 saturated heterocycles. The largest absolute Gasteiger partial charge is 0.369 e. The molecular formula is C13H17BrN2O2S. The summed E-state index contributed by atoms with van der Waals surface area (Å²) < 4.78 is 0. The van der Waals surface area contributed by atoms with Crippen LogP contribution >= 0.6 is 27.7 Å². The highest BCUT2D eigenvalue weighted by atomic mass is 79.9. The standard InChI is InChI=1S/C13H17BrN2O2S/c1-8(2)12(14)13(18)16-9-5-3-4-6-10(9)19-7-11(15)17/h3-6,8,12H,7H2,1-2H3,(H2,15,17)(H,16,18). The van der Waals surface area contributed by atoms with E-state index in [-0.39, 0.29) is 28.3 Å². The quantitative estimate of drug-likeness (QED) is 0.615. The zero-order valence-corrected chi connectivity index (χ0v) is 13.3. The average Bonchev–Trinajstić information content (AvgIpc) is 2.36. The zero-order valence-electron chi connectivity index (χ0n) is 10.9. The molecule has 1 unspecified atom stereocenters. The normalized spacial score (nSPS) is 12.2. The number of para-hydroxylation sites is 1. The smallest absolute Gasteiger partial charge is 0.238 e. The van der Waals surface area contributed by atoms with Crippen molar-refractivity contribution in [2.24, 2.45) is 11.7 Å². The molecular weight excluding hydrogens is 328 g/mol. The molecule has 1 aromatic carbocycles. The average molecular weight is 345 g/mol. The molecule has 1 aromatic rings. The van der Waals surface area contributed by atoms with Gasteiger partial charge >= 0.3 is 0 Å². The second kappa shape index (κ2) is 7.55. The molecule has 19 heavy (non-hydrogen) atoms. The van der Waals surface area contributed by atoms with E-state index in [1.165, 1.54) is 11.8 Å². The number of nitrogens with one attached hydrogen (secondary N) is 1. The van der Waals surface area contributed by atoms with Gasteiger partial charge in [0.1, 0.15) is 0 Å². The summed E-state index contributed by atoms with van der Waals surface area (Å²) in [5, 5.41) is 2.86. The lowest BCUT2D eigenvalue weighted by Gasteiger charge is -2.15. The third kappa shape index (κ3) is 5.24. The Morgan fingerprint density at radius 2 is 2.00 bits per heavy atom. The molecule has 0 radical (unpaired) electrons. The van der Waals surface area contributed by atoms with Gasteiger partial charge in [-0.05, 0) is 18.1 Å². The van der Waals surface area contributed by atoms with Gasteiger partial charge in [0.15, 0.2) is 0 Å². The highest BCUT2D eigenvalue weighted by molar-refractivity contribution is 9.10. The van der Waals surface area contributed by atoms with Crippen molar-refractivity contribution in [1.29, 1.82) is 0 Å². The number of carbonyl (C=O) groups excluding carboxylic acids is 2. The molecule has 0 aliphatic rings. The fraction of sp³-hybridized carbons (Fsp3) is 0.385. The number of benzene rings is 1. The third-order valence-electron chi connectivity index (χ3n) is 2.35. The van der Waals surface area contributed by atoms with Crippen LogP contribution in [0, 0.1) is 5.92 Å². The van der Waals surface area contributed by atoms with E-state index in [1.54, 1.807) is 6.07 Å². The van der Waals surface area contributed by atoms with Gasteiger partial charge in [0, 0.05) is 4.90 Å². The molecule has 104 valence electrons. The molecule has 1 atom stereocenters. The molecule has 3 N–H and O–H groups in total. The molecule has 0 fully saturated rings. The number of anilines is 1. The van der Waals surface area contributed by atoms with Crippen molar-refractivity contribution in [2.75, 3.05) is 11.1 Å². The fourth-order valence-corrected chi connectivity index (χ4v) is 2.21. The van der Waals surface area contributed by atoms with Gasteiger partial charge in [-0.1, -0.05) is 41.9 Å². The summed E-state index contributed by atoms with van der Waals surface area (Å²) in [7, 11) is 0. The summed E-state index contributed by atoms with van der Waals surface area (Å²) in [4.78, 5) is 23.4. The summed E-state index contributed by atoms with van der Waals surface area (Å²) in [6.45, 7) is 3.93. The van der Waals surface area contributed by atoms with E-state index in [1.807, 2.05) is 32.0 Å². The maximum atomic E-state index is 12.0. The lowest BCUT2D eigenvalue weighted by atomic mass is 10.1. The molecule has 6 heteroatoms. The molecule has 1 rings (SSSR count). The van der Waals surface area contributed by atoms with Crippen LogP contribution in [0.5, 0.6) is 0 Å². The first-order chi connectivity index (χ1) is 8.91. The summed E-state index contributed by atoms with van der Waals surface area (Å²) in [6.07, 6.45) is 0. The Balaban J connectivity index is 2.77. The predicted molar refractivity (Wildman–Crippen MR) is 82.5 cm³/mol. The van der Waals surface area contributed by atoms with Gasteiger partial charge in [-0.15, -0.1) is 11.8 Å². The third-order valence-corrected chi connectivity index (χ3v) is 4.92. The number of carbonyl (C=O) groups is 2. The Morgan fingerprint density at radius 3 is 2.58 bits per heavy atom. The Morgan fingerprint density at radius 1 is 1.37 bits per heavy atom. The lowest BCUT2D eigenvalue weighted by Crippen LogP contribution is -2.27. The van der Waals surface area contributed by atoms with Crippen LogP contribution in [-0.2, 0) is 9.59 Å². The number of amides is 2. The van der Waals surface area contributed by atoms with Gasteiger partial charge in [-0.25, -0.2) is 0 Å². The van der Waals surface area contributed by atoms with Gasteiger partial charge in [0.05, 0.1) is 16.3 Å². The first kappa shape index (κ1) is 16.0. The van der Waals surface area contributed by atoms with Crippen LogP contribution in [0.15, 0.2) is 29.2 Å². The lowest BCUT2D eigenvalue weighted by molar-refractivity contribution is -0.116. The van der Waals surface area contributed by atoms with Crippen LogP contribution in [0.3, 0.4) is 0 Å². The van der Waals surface area contributed by atoms with Crippen molar-refractivity contribution in [1.82, 2.24) is 0 Å². The molecule has 0 spiro atoms. The minimum absolute atomic E-state index is 0.0953. The highest BCUT2D eigenvalue weighted by Crippen LogP contribution is 2.27. The number of hydrogen-bond acceptors (Lipinski definition) is 3. The Hall–Kier alpha value is -1.01. The molecule has 0 saturated carbocycles. The Bertz CT molecular complexity index is 466. The number of hydrogen-bond donors (Lipinski definition) is 2. The summed E-state index contributed by atoms with van der Waals surface area (Å²) in [5.74, 6) is -0.0892. The molecule has 0 aromatic heterocycles. The van der Waals surface area contributed by atoms with Gasteiger partial charge in [-0.3, -0.25) is 9.59 Å². The monoisotopic (exact) mass is 344 g/mol. The molecule has 2 amide bonds. The maximum absolute atomic E-state index is 12.0. The first-order valence-corrected chi connectivity index (χ1v) is 7.77. The van der Waals surface area contributed by atoms with E-state index in [4.69, 9.17) is 5.73 Å². The summed E-state index contributed by atoms with van der Waals surface area (Å²) in [6, 6.07) is 7.35. The van der Waals surface area contributed by atoms with E-state index in [9.17, 15) is 9.59 Å². The van der Waals surface area contributed by atoms with Gasteiger partial charge < -0.3 is 11.1 Å². The van der Waals surface area contributed by atoms with E-state index < -0.39 is 0 Å². The van der Waals surface area contributed by atoms with Crippen molar-refractivity contribution >= 4 is 45.2 Å². The number of halogens is 1. The Kier molecular flexibility index (Phi) is 6.37. The predicted octanol–water partition coefficient (Wildman–Crippen LogP) is 2.62. The van der Waals surface area contributed by atoms with Crippen LogP contribution in [-0.4, -0.2) is 22.4 Å². The van der Waals surface area contributed by atoms with Crippen LogP contribution in [0.25, 0.3) is 0 Å². The van der Waals surface area contributed by atoms with Crippen molar-refractivity contribution in [3.8, 4) is 0 Å². The second-order valence-corrected chi connectivity index (χ2v) is 6.39. The number of alkyl halides is 1.